The van der Waals surface area contributed by atoms with Gasteiger partial charge in [-0.25, -0.2) is 13.4 Å². The predicted octanol–water partition coefficient (Wildman–Crippen LogP) is 4.16. The van der Waals surface area contributed by atoms with E-state index >= 15 is 0 Å². The monoisotopic (exact) mass is 425 g/mol. The van der Waals surface area contributed by atoms with Gasteiger partial charge in [0.25, 0.3) is 0 Å². The molecule has 0 radical (unpaired) electrons. The molecule has 148 valence electrons. The van der Waals surface area contributed by atoms with Gasteiger partial charge >= 0.3 is 0 Å². The van der Waals surface area contributed by atoms with Gasteiger partial charge in [0.15, 0.2) is 5.13 Å². The number of nitrogens with zero attached hydrogens (tertiary/aromatic N) is 2. The van der Waals surface area contributed by atoms with Crippen molar-refractivity contribution in [1.82, 2.24) is 4.98 Å². The van der Waals surface area contributed by atoms with Crippen molar-refractivity contribution in [3.8, 4) is 0 Å². The molecule has 0 bridgehead atoms. The minimum atomic E-state index is -3.63. The molecule has 3 aromatic carbocycles. The summed E-state index contributed by atoms with van der Waals surface area (Å²) in [6, 6.07) is 19.0. The van der Waals surface area contributed by atoms with E-state index in [1.54, 1.807) is 12.1 Å². The zero-order chi connectivity index (χ0) is 20.6. The molecule has 0 aliphatic carbocycles. The number of benzene rings is 3. The lowest BCUT2D eigenvalue weighted by Crippen LogP contribution is -2.37. The third-order valence-corrected chi connectivity index (χ3v) is 6.66. The SMILES string of the molecule is Cc1ccccc1N(CC(=O)Nc1nc2c(ccc3ccccc32)s1)S(C)(=O)=O. The fraction of sp³-hybridized carbons (Fsp3) is 0.143. The highest BCUT2D eigenvalue weighted by Gasteiger charge is 2.22. The number of fused-ring (bicyclic) bond motifs is 3. The number of nitrogens with one attached hydrogen (secondary N) is 1. The van der Waals surface area contributed by atoms with Crippen LogP contribution in [0.25, 0.3) is 21.0 Å². The Balaban J connectivity index is 1.61. The van der Waals surface area contributed by atoms with Gasteiger partial charge in [-0.2, -0.15) is 0 Å². The average molecular weight is 426 g/mol. The Morgan fingerprint density at radius 2 is 1.79 bits per heavy atom. The van der Waals surface area contributed by atoms with Crippen LogP contribution in [-0.2, 0) is 14.8 Å². The number of hydrogen-bond donors (Lipinski definition) is 1. The van der Waals surface area contributed by atoms with Gasteiger partial charge in [-0.3, -0.25) is 9.10 Å². The van der Waals surface area contributed by atoms with Gasteiger partial charge in [0.2, 0.25) is 15.9 Å². The van der Waals surface area contributed by atoms with Crippen LogP contribution in [0.1, 0.15) is 5.56 Å². The van der Waals surface area contributed by atoms with Gasteiger partial charge in [-0.1, -0.05) is 59.9 Å². The molecule has 4 aromatic rings. The van der Waals surface area contributed by atoms with Crippen molar-refractivity contribution >= 4 is 59.1 Å². The maximum absolute atomic E-state index is 12.6. The van der Waals surface area contributed by atoms with Crippen molar-refractivity contribution in [3.05, 3.63) is 66.2 Å². The van der Waals surface area contributed by atoms with Crippen LogP contribution in [0.4, 0.5) is 10.8 Å². The Hall–Kier alpha value is -2.97. The molecule has 0 aliphatic rings. The topological polar surface area (TPSA) is 79.4 Å². The molecule has 1 N–H and O–H groups in total. The van der Waals surface area contributed by atoms with E-state index in [4.69, 9.17) is 0 Å². The molecule has 0 unspecified atom stereocenters. The average Bonchev–Trinajstić information content (AvgIpc) is 3.09. The van der Waals surface area contributed by atoms with Crippen LogP contribution < -0.4 is 9.62 Å². The van der Waals surface area contributed by atoms with Crippen molar-refractivity contribution in [2.75, 3.05) is 22.4 Å². The van der Waals surface area contributed by atoms with Crippen molar-refractivity contribution in [2.45, 2.75) is 6.92 Å². The van der Waals surface area contributed by atoms with Gasteiger partial charge in [-0.05, 0) is 30.0 Å². The number of para-hydroxylation sites is 1. The highest BCUT2D eigenvalue weighted by Crippen LogP contribution is 2.31. The summed E-state index contributed by atoms with van der Waals surface area (Å²) in [6.45, 7) is 1.49. The van der Waals surface area contributed by atoms with Crippen LogP contribution in [0.15, 0.2) is 60.7 Å². The van der Waals surface area contributed by atoms with E-state index in [0.717, 1.165) is 37.1 Å². The van der Waals surface area contributed by atoms with Crippen molar-refractivity contribution in [2.24, 2.45) is 0 Å². The lowest BCUT2D eigenvalue weighted by atomic mass is 10.1. The first-order chi connectivity index (χ1) is 13.8. The summed E-state index contributed by atoms with van der Waals surface area (Å²) in [7, 11) is -3.63. The smallest absolute Gasteiger partial charge is 0.246 e. The quantitative estimate of drug-likeness (QED) is 0.521. The fourth-order valence-corrected chi connectivity index (χ4v) is 5.04. The minimum absolute atomic E-state index is 0.319. The number of carbonyl (C=O) groups excluding carboxylic acids is 1. The fourth-order valence-electron chi connectivity index (χ4n) is 3.23. The molecule has 0 saturated heterocycles. The van der Waals surface area contributed by atoms with Crippen LogP contribution in [0, 0.1) is 6.92 Å². The molecule has 6 nitrogen and oxygen atoms in total. The van der Waals surface area contributed by atoms with Crippen LogP contribution in [0.2, 0.25) is 0 Å². The van der Waals surface area contributed by atoms with Gasteiger partial charge in [-0.15, -0.1) is 0 Å². The number of amides is 1. The predicted molar refractivity (Wildman–Crippen MR) is 119 cm³/mol. The van der Waals surface area contributed by atoms with Crippen molar-refractivity contribution < 1.29 is 13.2 Å². The normalized spacial score (nSPS) is 11.7. The number of thiazole rings is 1. The molecule has 29 heavy (non-hydrogen) atoms. The standard InChI is InChI=1S/C21H19N3O3S2/c1-14-7-3-6-10-17(14)24(29(2,26)27)13-19(25)22-21-23-20-16-9-5-4-8-15(16)11-12-18(20)28-21/h3-12H,13H2,1-2H3,(H,22,23,25). The Bertz CT molecular complexity index is 1330. The third-order valence-electron chi connectivity index (χ3n) is 4.60. The number of anilines is 2. The largest absolute Gasteiger partial charge is 0.300 e. The van der Waals surface area contributed by atoms with Crippen LogP contribution in [0.3, 0.4) is 0 Å². The van der Waals surface area contributed by atoms with Gasteiger partial charge in [0.1, 0.15) is 6.54 Å². The summed E-state index contributed by atoms with van der Waals surface area (Å²) in [5, 5.41) is 5.28. The first-order valence-electron chi connectivity index (χ1n) is 8.94. The molecule has 0 spiro atoms. The number of rotatable bonds is 5. The summed E-state index contributed by atoms with van der Waals surface area (Å²) in [5.74, 6) is -0.443. The summed E-state index contributed by atoms with van der Waals surface area (Å²) in [5.41, 5.74) is 2.08. The van der Waals surface area contributed by atoms with Crippen LogP contribution in [-0.4, -0.2) is 32.1 Å². The Morgan fingerprint density at radius 1 is 1.07 bits per heavy atom. The maximum atomic E-state index is 12.6. The first-order valence-corrected chi connectivity index (χ1v) is 11.6. The van der Waals surface area contributed by atoms with Gasteiger partial charge in [0.05, 0.1) is 22.2 Å². The van der Waals surface area contributed by atoms with E-state index in [9.17, 15) is 13.2 Å². The Labute approximate surface area is 172 Å². The molecule has 8 heteroatoms. The number of aromatic nitrogens is 1. The molecule has 0 atom stereocenters. The number of carbonyl (C=O) groups is 1. The van der Waals surface area contributed by atoms with Crippen molar-refractivity contribution in [3.63, 3.8) is 0 Å². The highest BCUT2D eigenvalue weighted by atomic mass is 32.2. The lowest BCUT2D eigenvalue weighted by Gasteiger charge is -2.23. The number of aryl methyl sites for hydroxylation is 1. The van der Waals surface area contributed by atoms with Crippen molar-refractivity contribution in [1.29, 1.82) is 0 Å². The van der Waals surface area contributed by atoms with E-state index in [2.05, 4.69) is 10.3 Å². The molecule has 0 aliphatic heterocycles. The Kier molecular flexibility index (Phi) is 4.97. The van der Waals surface area contributed by atoms with Crippen LogP contribution >= 0.6 is 11.3 Å². The lowest BCUT2D eigenvalue weighted by molar-refractivity contribution is -0.114. The minimum Gasteiger partial charge on any atom is -0.300 e. The maximum Gasteiger partial charge on any atom is 0.246 e. The Morgan fingerprint density at radius 3 is 2.55 bits per heavy atom. The summed E-state index contributed by atoms with van der Waals surface area (Å²) in [6.07, 6.45) is 1.09. The second-order valence-corrected chi connectivity index (χ2v) is 9.69. The van der Waals surface area contributed by atoms with E-state index in [0.29, 0.717) is 10.8 Å². The number of hydrogen-bond acceptors (Lipinski definition) is 5. The molecule has 4 rings (SSSR count). The molecule has 1 heterocycles. The highest BCUT2D eigenvalue weighted by molar-refractivity contribution is 7.92. The summed E-state index contributed by atoms with van der Waals surface area (Å²) < 4.78 is 26.7. The molecule has 0 fully saturated rings. The van der Waals surface area contributed by atoms with Gasteiger partial charge < -0.3 is 5.32 Å². The molecule has 1 aromatic heterocycles. The first kappa shape index (κ1) is 19.4. The third kappa shape index (κ3) is 3.94. The molecular formula is C21H19N3O3S2. The zero-order valence-corrected chi connectivity index (χ0v) is 17.5. The summed E-state index contributed by atoms with van der Waals surface area (Å²) >= 11 is 1.36. The van der Waals surface area contributed by atoms with E-state index < -0.39 is 15.9 Å². The zero-order valence-electron chi connectivity index (χ0n) is 15.9. The van der Waals surface area contributed by atoms with E-state index in [1.807, 2.05) is 55.5 Å². The second kappa shape index (κ2) is 7.46. The second-order valence-electron chi connectivity index (χ2n) is 6.76. The van der Waals surface area contributed by atoms with Crippen LogP contribution in [0.5, 0.6) is 0 Å². The number of sulfonamides is 1. The summed E-state index contributed by atoms with van der Waals surface area (Å²) in [4.78, 5) is 17.2. The molecule has 1 amide bonds. The van der Waals surface area contributed by atoms with E-state index in [-0.39, 0.29) is 6.54 Å². The molecular weight excluding hydrogens is 406 g/mol. The van der Waals surface area contributed by atoms with E-state index in [1.165, 1.54) is 11.3 Å². The molecule has 0 saturated carbocycles. The van der Waals surface area contributed by atoms with Gasteiger partial charge in [0, 0.05) is 5.39 Å².